The number of carbonyl (C=O) groups excluding carboxylic acids is 2. The fraction of sp³-hybridized carbons (Fsp3) is 0.867. The Hall–Kier alpha value is -1.23. The number of nitrogens with zero attached hydrogens (tertiary/aromatic N) is 3. The number of hydrogen-bond acceptors (Lipinski definition) is 7. The maximum absolute atomic E-state index is 12.7. The van der Waals surface area contributed by atoms with Crippen molar-refractivity contribution in [1.82, 2.24) is 14.7 Å². The molecule has 0 aromatic heterocycles. The zero-order valence-corrected chi connectivity index (χ0v) is 15.4. The van der Waals surface area contributed by atoms with Gasteiger partial charge < -0.3 is 19.6 Å². The largest absolute Gasteiger partial charge is 0.395 e. The molecule has 0 aromatic carbocycles. The van der Waals surface area contributed by atoms with E-state index in [4.69, 9.17) is 9.84 Å². The highest BCUT2D eigenvalue weighted by Gasteiger charge is 2.38. The van der Waals surface area contributed by atoms with Crippen molar-refractivity contribution in [3.05, 3.63) is 0 Å². The first-order chi connectivity index (χ1) is 11.9. The second-order valence-corrected chi connectivity index (χ2v) is 8.63. The molecule has 2 amide bonds. The predicted molar refractivity (Wildman–Crippen MR) is 90.8 cm³/mol. The van der Waals surface area contributed by atoms with E-state index in [0.717, 1.165) is 0 Å². The zero-order valence-electron chi connectivity index (χ0n) is 14.6. The summed E-state index contributed by atoms with van der Waals surface area (Å²) in [7, 11) is -1.66. The van der Waals surface area contributed by atoms with E-state index >= 15 is 0 Å². The lowest BCUT2D eigenvalue weighted by Gasteiger charge is -2.35. The number of amides is 2. The van der Waals surface area contributed by atoms with E-state index in [1.807, 2.05) is 4.90 Å². The molecule has 0 radical (unpaired) electrons. The van der Waals surface area contributed by atoms with Gasteiger partial charge in [-0.05, 0) is 6.42 Å². The van der Waals surface area contributed by atoms with Gasteiger partial charge in [0.25, 0.3) is 0 Å². The standard InChI is InChI=1S/C15H27N3O6S/c1-24-10-8-18(13-2-11-25(22,23)12-13)15(21)14(20)17-5-3-16(4-6-17)7-9-19/h13,19H,2-12H2,1H3. The molecule has 2 aliphatic rings. The summed E-state index contributed by atoms with van der Waals surface area (Å²) >= 11 is 0. The summed E-state index contributed by atoms with van der Waals surface area (Å²) in [5.41, 5.74) is 0. The zero-order chi connectivity index (χ0) is 18.4. The van der Waals surface area contributed by atoms with Gasteiger partial charge in [-0.25, -0.2) is 8.42 Å². The second-order valence-electron chi connectivity index (χ2n) is 6.41. The van der Waals surface area contributed by atoms with Gasteiger partial charge in [-0.3, -0.25) is 14.5 Å². The summed E-state index contributed by atoms with van der Waals surface area (Å²) in [4.78, 5) is 30.1. The summed E-state index contributed by atoms with van der Waals surface area (Å²) in [5, 5.41) is 8.96. The van der Waals surface area contributed by atoms with Gasteiger partial charge >= 0.3 is 11.8 Å². The number of hydrogen-bond donors (Lipinski definition) is 1. The van der Waals surface area contributed by atoms with Gasteiger partial charge in [0, 0.05) is 52.4 Å². The molecule has 2 aliphatic heterocycles. The predicted octanol–water partition coefficient (Wildman–Crippen LogP) is -2.21. The lowest BCUT2D eigenvalue weighted by molar-refractivity contribution is -0.154. The molecule has 2 saturated heterocycles. The van der Waals surface area contributed by atoms with E-state index in [1.54, 1.807) is 0 Å². The van der Waals surface area contributed by atoms with Crippen molar-refractivity contribution >= 4 is 21.7 Å². The molecule has 1 atom stereocenters. The number of methoxy groups -OCH3 is 1. The maximum atomic E-state index is 12.7. The molecule has 1 N–H and O–H groups in total. The fourth-order valence-corrected chi connectivity index (χ4v) is 4.97. The van der Waals surface area contributed by atoms with E-state index in [9.17, 15) is 18.0 Å². The van der Waals surface area contributed by atoms with Gasteiger partial charge in [0.2, 0.25) is 0 Å². The topological polar surface area (TPSA) is 107 Å². The molecule has 0 aromatic rings. The van der Waals surface area contributed by atoms with Crippen molar-refractivity contribution in [1.29, 1.82) is 0 Å². The lowest BCUT2D eigenvalue weighted by Crippen LogP contribution is -2.55. The quantitative estimate of drug-likeness (QED) is 0.523. The molecule has 9 nitrogen and oxygen atoms in total. The third-order valence-corrected chi connectivity index (χ3v) is 6.46. The van der Waals surface area contributed by atoms with Crippen LogP contribution in [0.25, 0.3) is 0 Å². The van der Waals surface area contributed by atoms with Crippen molar-refractivity contribution in [3.8, 4) is 0 Å². The highest BCUT2D eigenvalue weighted by Crippen LogP contribution is 2.18. The van der Waals surface area contributed by atoms with Crippen LogP contribution in [-0.4, -0.2) is 117 Å². The molecule has 0 aliphatic carbocycles. The van der Waals surface area contributed by atoms with Crippen molar-refractivity contribution in [2.24, 2.45) is 0 Å². The molecule has 0 saturated carbocycles. The van der Waals surface area contributed by atoms with E-state index in [2.05, 4.69) is 0 Å². The van der Waals surface area contributed by atoms with Crippen LogP contribution in [0.1, 0.15) is 6.42 Å². The van der Waals surface area contributed by atoms with Crippen LogP contribution in [0.15, 0.2) is 0 Å². The minimum atomic E-state index is -3.15. The second kappa shape index (κ2) is 8.93. The minimum absolute atomic E-state index is 0.0441. The van der Waals surface area contributed by atoms with Crippen LogP contribution in [0.3, 0.4) is 0 Å². The average Bonchev–Trinajstić information content (AvgIpc) is 2.95. The van der Waals surface area contributed by atoms with Crippen molar-refractivity contribution in [2.45, 2.75) is 12.5 Å². The summed E-state index contributed by atoms with van der Waals surface area (Å²) in [6.07, 6.45) is 0.356. The Morgan fingerprint density at radius 3 is 2.44 bits per heavy atom. The summed E-state index contributed by atoms with van der Waals surface area (Å²) in [6, 6.07) is -0.465. The Balaban J connectivity index is 1.99. The first-order valence-corrected chi connectivity index (χ1v) is 10.3. The Morgan fingerprint density at radius 2 is 1.92 bits per heavy atom. The van der Waals surface area contributed by atoms with Gasteiger partial charge in [0.1, 0.15) is 0 Å². The minimum Gasteiger partial charge on any atom is -0.395 e. The molecule has 2 fully saturated rings. The first-order valence-electron chi connectivity index (χ1n) is 8.50. The molecule has 0 spiro atoms. The highest BCUT2D eigenvalue weighted by atomic mass is 32.2. The van der Waals surface area contributed by atoms with E-state index in [-0.39, 0.29) is 31.3 Å². The van der Waals surface area contributed by atoms with E-state index < -0.39 is 27.7 Å². The summed E-state index contributed by atoms with van der Waals surface area (Å²) in [6.45, 7) is 3.12. The van der Waals surface area contributed by atoms with Crippen molar-refractivity contribution in [2.75, 3.05) is 71.1 Å². The third-order valence-electron chi connectivity index (χ3n) is 4.71. The monoisotopic (exact) mass is 377 g/mol. The number of rotatable bonds is 6. The number of aliphatic hydroxyl groups excluding tert-OH is 1. The Morgan fingerprint density at radius 1 is 1.24 bits per heavy atom. The number of carbonyl (C=O) groups is 2. The van der Waals surface area contributed by atoms with Gasteiger partial charge in [-0.1, -0.05) is 0 Å². The molecule has 2 heterocycles. The number of aliphatic hydroxyl groups is 1. The fourth-order valence-electron chi connectivity index (χ4n) is 3.23. The third kappa shape index (κ3) is 5.37. The van der Waals surface area contributed by atoms with Crippen LogP contribution in [0, 0.1) is 0 Å². The number of sulfone groups is 1. The molecule has 144 valence electrons. The Bertz CT molecular complexity index is 574. The van der Waals surface area contributed by atoms with Gasteiger partial charge in [-0.2, -0.15) is 0 Å². The number of piperazine rings is 1. The first kappa shape index (κ1) is 20.1. The molecule has 0 bridgehead atoms. The van der Waals surface area contributed by atoms with E-state index in [1.165, 1.54) is 16.9 Å². The highest BCUT2D eigenvalue weighted by molar-refractivity contribution is 7.91. The lowest BCUT2D eigenvalue weighted by atomic mass is 10.2. The molecule has 10 heteroatoms. The smallest absolute Gasteiger partial charge is 0.312 e. The maximum Gasteiger partial charge on any atom is 0.312 e. The van der Waals surface area contributed by atoms with Crippen LogP contribution in [0.5, 0.6) is 0 Å². The van der Waals surface area contributed by atoms with Crippen molar-refractivity contribution in [3.63, 3.8) is 0 Å². The Labute approximate surface area is 148 Å². The molecule has 25 heavy (non-hydrogen) atoms. The van der Waals surface area contributed by atoms with Crippen LogP contribution in [0.2, 0.25) is 0 Å². The molecule has 1 unspecified atom stereocenters. The normalized spacial score (nSPS) is 23.6. The van der Waals surface area contributed by atoms with Gasteiger partial charge in [-0.15, -0.1) is 0 Å². The average molecular weight is 377 g/mol. The van der Waals surface area contributed by atoms with Gasteiger partial charge in [0.05, 0.1) is 24.7 Å². The summed E-state index contributed by atoms with van der Waals surface area (Å²) in [5.74, 6) is -1.30. The summed E-state index contributed by atoms with van der Waals surface area (Å²) < 4.78 is 28.4. The number of ether oxygens (including phenoxy) is 1. The number of β-amino-alcohol motifs (C(OH)–C–C–N with tert-alkyl or cyclic N) is 1. The molecular formula is C15H27N3O6S. The van der Waals surface area contributed by atoms with Crippen molar-refractivity contribution < 1.29 is 27.9 Å². The van der Waals surface area contributed by atoms with Crippen LogP contribution in [0.4, 0.5) is 0 Å². The molecule has 2 rings (SSSR count). The van der Waals surface area contributed by atoms with Crippen LogP contribution < -0.4 is 0 Å². The van der Waals surface area contributed by atoms with Crippen LogP contribution >= 0.6 is 0 Å². The van der Waals surface area contributed by atoms with E-state index in [0.29, 0.717) is 39.1 Å². The SMILES string of the molecule is COCCN(C(=O)C(=O)N1CCN(CCO)CC1)C1CCS(=O)(=O)C1. The molecular weight excluding hydrogens is 350 g/mol. The van der Waals surface area contributed by atoms with Gasteiger partial charge in [0.15, 0.2) is 9.84 Å². The van der Waals surface area contributed by atoms with Crippen LogP contribution in [-0.2, 0) is 24.2 Å². The Kier molecular flexibility index (Phi) is 7.17.